The summed E-state index contributed by atoms with van der Waals surface area (Å²) < 4.78 is 5.26. The van der Waals surface area contributed by atoms with Crippen molar-refractivity contribution in [2.75, 3.05) is 11.9 Å². The van der Waals surface area contributed by atoms with Crippen LogP contribution < -0.4 is 15.4 Å². The van der Waals surface area contributed by atoms with Gasteiger partial charge < -0.3 is 15.2 Å². The van der Waals surface area contributed by atoms with Crippen LogP contribution in [0.4, 0.5) is 5.69 Å². The number of hydrogen-bond donors (Lipinski definition) is 3. The third kappa shape index (κ3) is 3.03. The van der Waals surface area contributed by atoms with Crippen LogP contribution in [0.3, 0.4) is 0 Å². The van der Waals surface area contributed by atoms with Crippen LogP contribution in [0, 0.1) is 0 Å². The van der Waals surface area contributed by atoms with Crippen LogP contribution in [-0.4, -0.2) is 29.6 Å². The highest BCUT2D eigenvalue weighted by Crippen LogP contribution is 2.30. The quantitative estimate of drug-likeness (QED) is 0.759. The summed E-state index contributed by atoms with van der Waals surface area (Å²) in [6.45, 7) is 3.48. The molecular weight excluding hydrogens is 248 g/mol. The highest BCUT2D eigenvalue weighted by atomic mass is 16.5. The molecule has 102 valence electrons. The summed E-state index contributed by atoms with van der Waals surface area (Å²) >= 11 is 0. The van der Waals surface area contributed by atoms with E-state index in [4.69, 9.17) is 9.84 Å². The number of carboxylic acid groups (broad SMARTS) is 1. The molecule has 0 saturated carbocycles. The maximum Gasteiger partial charge on any atom is 0.320 e. The van der Waals surface area contributed by atoms with Gasteiger partial charge in [0.2, 0.25) is 0 Å². The number of ether oxygens (including phenoxy) is 1. The molecule has 1 aromatic carbocycles. The van der Waals surface area contributed by atoms with E-state index in [0.717, 1.165) is 5.56 Å². The minimum atomic E-state index is -0.901. The fourth-order valence-electron chi connectivity index (χ4n) is 1.91. The van der Waals surface area contributed by atoms with Gasteiger partial charge in [0.15, 0.2) is 6.61 Å². The second-order valence-electron chi connectivity index (χ2n) is 4.54. The van der Waals surface area contributed by atoms with Crippen molar-refractivity contribution in [3.05, 3.63) is 23.8 Å². The first kappa shape index (κ1) is 13.4. The molecule has 0 bridgehead atoms. The zero-order valence-corrected chi connectivity index (χ0v) is 10.8. The van der Waals surface area contributed by atoms with Crippen molar-refractivity contribution in [3.63, 3.8) is 0 Å². The SMILES string of the molecule is CC(NC(C)c1ccc2c(c1)NC(=O)CO2)C(=O)O. The van der Waals surface area contributed by atoms with Gasteiger partial charge in [0, 0.05) is 6.04 Å². The van der Waals surface area contributed by atoms with E-state index in [9.17, 15) is 9.59 Å². The molecule has 1 aliphatic heterocycles. The Morgan fingerprint density at radius 3 is 2.89 bits per heavy atom. The number of benzene rings is 1. The first-order valence-electron chi connectivity index (χ1n) is 6.03. The Bertz CT molecular complexity index is 515. The highest BCUT2D eigenvalue weighted by molar-refractivity contribution is 5.95. The summed E-state index contributed by atoms with van der Waals surface area (Å²) in [5.74, 6) is -0.465. The van der Waals surface area contributed by atoms with Crippen LogP contribution in [0.5, 0.6) is 5.75 Å². The number of amides is 1. The predicted octanol–water partition coefficient (Wildman–Crippen LogP) is 1.14. The number of nitrogens with one attached hydrogen (secondary N) is 2. The third-order valence-corrected chi connectivity index (χ3v) is 3.01. The summed E-state index contributed by atoms with van der Waals surface area (Å²) in [6, 6.07) is 4.63. The molecule has 0 aliphatic carbocycles. The summed E-state index contributed by atoms with van der Waals surface area (Å²) in [5.41, 5.74) is 1.50. The van der Waals surface area contributed by atoms with Gasteiger partial charge in [-0.3, -0.25) is 14.9 Å². The molecule has 2 unspecified atom stereocenters. The number of fused-ring (bicyclic) bond motifs is 1. The van der Waals surface area contributed by atoms with Gasteiger partial charge in [0.05, 0.1) is 5.69 Å². The van der Waals surface area contributed by atoms with E-state index in [-0.39, 0.29) is 18.6 Å². The van der Waals surface area contributed by atoms with E-state index in [1.54, 1.807) is 19.1 Å². The molecule has 0 fully saturated rings. The van der Waals surface area contributed by atoms with Gasteiger partial charge in [0.1, 0.15) is 11.8 Å². The molecule has 3 N–H and O–H groups in total. The fraction of sp³-hybridized carbons (Fsp3) is 0.385. The first-order chi connectivity index (χ1) is 8.97. The van der Waals surface area contributed by atoms with Crippen LogP contribution in [0.25, 0.3) is 0 Å². The summed E-state index contributed by atoms with van der Waals surface area (Å²) in [6.07, 6.45) is 0. The zero-order valence-electron chi connectivity index (χ0n) is 10.8. The zero-order chi connectivity index (χ0) is 14.0. The number of carbonyl (C=O) groups is 2. The second-order valence-corrected chi connectivity index (χ2v) is 4.54. The fourth-order valence-corrected chi connectivity index (χ4v) is 1.91. The lowest BCUT2D eigenvalue weighted by Crippen LogP contribution is -2.35. The van der Waals surface area contributed by atoms with Crippen LogP contribution in [0.1, 0.15) is 25.5 Å². The monoisotopic (exact) mass is 264 g/mol. The van der Waals surface area contributed by atoms with Crippen LogP contribution >= 0.6 is 0 Å². The summed E-state index contributed by atoms with van der Waals surface area (Å²) in [5, 5.41) is 14.5. The number of hydrogen-bond acceptors (Lipinski definition) is 4. The lowest BCUT2D eigenvalue weighted by atomic mass is 10.1. The van der Waals surface area contributed by atoms with Gasteiger partial charge >= 0.3 is 5.97 Å². The third-order valence-electron chi connectivity index (χ3n) is 3.01. The lowest BCUT2D eigenvalue weighted by Gasteiger charge is -2.22. The van der Waals surface area contributed by atoms with Crippen molar-refractivity contribution in [2.24, 2.45) is 0 Å². The van der Waals surface area contributed by atoms with Crippen molar-refractivity contribution < 1.29 is 19.4 Å². The number of carbonyl (C=O) groups excluding carboxylic acids is 1. The smallest absolute Gasteiger partial charge is 0.320 e. The van der Waals surface area contributed by atoms with Crippen molar-refractivity contribution in [2.45, 2.75) is 25.9 Å². The Balaban J connectivity index is 2.15. The summed E-state index contributed by atoms with van der Waals surface area (Å²) in [4.78, 5) is 22.0. The van der Waals surface area contributed by atoms with Gasteiger partial charge in [-0.05, 0) is 31.5 Å². The molecule has 1 heterocycles. The van der Waals surface area contributed by atoms with E-state index in [2.05, 4.69) is 10.6 Å². The lowest BCUT2D eigenvalue weighted by molar-refractivity contribution is -0.139. The first-order valence-corrected chi connectivity index (χ1v) is 6.03. The van der Waals surface area contributed by atoms with Gasteiger partial charge in [-0.15, -0.1) is 0 Å². The van der Waals surface area contributed by atoms with Crippen molar-refractivity contribution in [1.29, 1.82) is 0 Å². The molecule has 2 atom stereocenters. The van der Waals surface area contributed by atoms with E-state index in [0.29, 0.717) is 11.4 Å². The Hall–Kier alpha value is -2.08. The van der Waals surface area contributed by atoms with E-state index in [1.165, 1.54) is 0 Å². The number of rotatable bonds is 4. The number of anilines is 1. The van der Waals surface area contributed by atoms with E-state index >= 15 is 0 Å². The Morgan fingerprint density at radius 2 is 2.21 bits per heavy atom. The minimum absolute atomic E-state index is 0.0240. The second kappa shape index (κ2) is 5.27. The molecule has 1 aliphatic rings. The average Bonchev–Trinajstić information content (AvgIpc) is 2.37. The largest absolute Gasteiger partial charge is 0.482 e. The van der Waals surface area contributed by atoms with Crippen LogP contribution in [0.15, 0.2) is 18.2 Å². The molecule has 0 aromatic heterocycles. The van der Waals surface area contributed by atoms with Crippen molar-refractivity contribution >= 4 is 17.6 Å². The maximum atomic E-state index is 11.2. The van der Waals surface area contributed by atoms with E-state index < -0.39 is 12.0 Å². The molecule has 2 rings (SSSR count). The number of aliphatic carboxylic acids is 1. The van der Waals surface area contributed by atoms with Gasteiger partial charge in [-0.2, -0.15) is 0 Å². The highest BCUT2D eigenvalue weighted by Gasteiger charge is 2.19. The van der Waals surface area contributed by atoms with Crippen LogP contribution in [-0.2, 0) is 9.59 Å². The Kier molecular flexibility index (Phi) is 3.71. The van der Waals surface area contributed by atoms with Crippen LogP contribution in [0.2, 0.25) is 0 Å². The standard InChI is InChI=1S/C13H16N2O4/c1-7(14-8(2)13(17)18)9-3-4-11-10(5-9)15-12(16)6-19-11/h3-5,7-8,14H,6H2,1-2H3,(H,15,16)(H,17,18). The molecule has 0 saturated heterocycles. The summed E-state index contributed by atoms with van der Waals surface area (Å²) in [7, 11) is 0. The molecule has 19 heavy (non-hydrogen) atoms. The average molecular weight is 264 g/mol. The molecule has 1 aromatic rings. The topological polar surface area (TPSA) is 87.7 Å². The minimum Gasteiger partial charge on any atom is -0.482 e. The van der Waals surface area contributed by atoms with E-state index in [1.807, 2.05) is 13.0 Å². The molecule has 1 amide bonds. The van der Waals surface area contributed by atoms with Gasteiger partial charge in [0.25, 0.3) is 5.91 Å². The van der Waals surface area contributed by atoms with Crippen molar-refractivity contribution in [3.8, 4) is 5.75 Å². The molecule has 0 radical (unpaired) electrons. The maximum absolute atomic E-state index is 11.2. The Morgan fingerprint density at radius 1 is 1.47 bits per heavy atom. The predicted molar refractivity (Wildman–Crippen MR) is 69.2 cm³/mol. The Labute approximate surface area is 110 Å². The van der Waals surface area contributed by atoms with Gasteiger partial charge in [-0.25, -0.2) is 0 Å². The molecule has 0 spiro atoms. The molecular formula is C13H16N2O4. The van der Waals surface area contributed by atoms with Gasteiger partial charge in [-0.1, -0.05) is 6.07 Å². The number of carboxylic acids is 1. The normalized spacial score (nSPS) is 16.8. The van der Waals surface area contributed by atoms with Crippen molar-refractivity contribution in [1.82, 2.24) is 5.32 Å². The molecule has 6 nitrogen and oxygen atoms in total. The molecule has 6 heteroatoms.